The maximum Gasteiger partial charge on any atom is 0.220 e. The van der Waals surface area contributed by atoms with E-state index >= 15 is 0 Å². The van der Waals surface area contributed by atoms with Crippen LogP contribution >= 0.6 is 0 Å². The SMILES string of the molecule is NC(=O)C1CCN(C2CS(=O)(=O)CC2N)CC1. The first kappa shape index (κ1) is 12.8. The van der Waals surface area contributed by atoms with Crippen molar-refractivity contribution in [2.24, 2.45) is 17.4 Å². The maximum absolute atomic E-state index is 11.5. The van der Waals surface area contributed by atoms with Crippen LogP contribution in [0.2, 0.25) is 0 Å². The number of nitrogens with zero attached hydrogens (tertiary/aromatic N) is 1. The Balaban J connectivity index is 1.96. The van der Waals surface area contributed by atoms with E-state index in [0.29, 0.717) is 25.9 Å². The van der Waals surface area contributed by atoms with Crippen molar-refractivity contribution in [2.75, 3.05) is 24.6 Å². The Morgan fingerprint density at radius 1 is 1.18 bits per heavy atom. The summed E-state index contributed by atoms with van der Waals surface area (Å²) in [7, 11) is -2.98. The van der Waals surface area contributed by atoms with E-state index in [4.69, 9.17) is 11.5 Å². The summed E-state index contributed by atoms with van der Waals surface area (Å²) in [5.74, 6) is -0.100. The van der Waals surface area contributed by atoms with Crippen molar-refractivity contribution in [3.8, 4) is 0 Å². The fraction of sp³-hybridized carbons (Fsp3) is 0.900. The summed E-state index contributed by atoms with van der Waals surface area (Å²) in [6, 6.07) is -0.390. The molecule has 7 heteroatoms. The molecule has 6 nitrogen and oxygen atoms in total. The summed E-state index contributed by atoms with van der Waals surface area (Å²) in [5.41, 5.74) is 11.1. The Morgan fingerprint density at radius 3 is 2.18 bits per heavy atom. The van der Waals surface area contributed by atoms with Crippen LogP contribution in [0.1, 0.15) is 12.8 Å². The lowest BCUT2D eigenvalue weighted by Gasteiger charge is -2.36. The second kappa shape index (κ2) is 4.55. The molecule has 0 spiro atoms. The van der Waals surface area contributed by atoms with Gasteiger partial charge < -0.3 is 11.5 Å². The van der Waals surface area contributed by atoms with E-state index < -0.39 is 9.84 Å². The number of nitrogens with two attached hydrogens (primary N) is 2. The number of sulfone groups is 1. The lowest BCUT2D eigenvalue weighted by Crippen LogP contribution is -2.51. The number of carbonyl (C=O) groups is 1. The van der Waals surface area contributed by atoms with Crippen molar-refractivity contribution >= 4 is 15.7 Å². The van der Waals surface area contributed by atoms with Crippen molar-refractivity contribution < 1.29 is 13.2 Å². The number of rotatable bonds is 2. The molecule has 2 saturated heterocycles. The summed E-state index contributed by atoms with van der Waals surface area (Å²) in [6.45, 7) is 1.42. The van der Waals surface area contributed by atoms with E-state index in [1.165, 1.54) is 0 Å². The fourth-order valence-electron chi connectivity index (χ4n) is 2.75. The van der Waals surface area contributed by atoms with Gasteiger partial charge in [-0.15, -0.1) is 0 Å². The highest BCUT2D eigenvalue weighted by Crippen LogP contribution is 2.23. The minimum absolute atomic E-state index is 0.0690. The van der Waals surface area contributed by atoms with Gasteiger partial charge in [0.1, 0.15) is 0 Å². The smallest absolute Gasteiger partial charge is 0.220 e. The molecule has 0 aromatic rings. The summed E-state index contributed by atoms with van der Waals surface area (Å²) in [6.07, 6.45) is 1.41. The Labute approximate surface area is 101 Å². The highest BCUT2D eigenvalue weighted by Gasteiger charge is 2.40. The maximum atomic E-state index is 11.5. The second-order valence-corrected chi connectivity index (χ2v) is 7.17. The zero-order valence-corrected chi connectivity index (χ0v) is 10.5. The number of likely N-dealkylation sites (tertiary alicyclic amines) is 1. The van der Waals surface area contributed by atoms with Crippen LogP contribution in [0.5, 0.6) is 0 Å². The predicted octanol–water partition coefficient (Wildman–Crippen LogP) is -1.69. The summed E-state index contributed by atoms with van der Waals surface area (Å²) in [4.78, 5) is 13.1. The molecule has 0 aromatic carbocycles. The predicted molar refractivity (Wildman–Crippen MR) is 63.9 cm³/mol. The largest absolute Gasteiger partial charge is 0.369 e. The standard InChI is InChI=1S/C10H19N3O3S/c11-8-5-17(15,16)6-9(8)13-3-1-7(2-4-13)10(12)14/h7-9H,1-6,11H2,(H2,12,14). The van der Waals surface area contributed by atoms with Gasteiger partial charge in [0.25, 0.3) is 0 Å². The molecule has 2 unspecified atom stereocenters. The number of primary amides is 1. The molecular weight excluding hydrogens is 242 g/mol. The van der Waals surface area contributed by atoms with E-state index in [9.17, 15) is 13.2 Å². The average molecular weight is 261 g/mol. The van der Waals surface area contributed by atoms with Crippen molar-refractivity contribution in [3.05, 3.63) is 0 Å². The Kier molecular flexibility index (Phi) is 3.42. The topological polar surface area (TPSA) is 106 Å². The van der Waals surface area contributed by atoms with Gasteiger partial charge in [-0.05, 0) is 25.9 Å². The van der Waals surface area contributed by atoms with Gasteiger partial charge >= 0.3 is 0 Å². The van der Waals surface area contributed by atoms with Gasteiger partial charge in [0.15, 0.2) is 9.84 Å². The van der Waals surface area contributed by atoms with E-state index in [1.54, 1.807) is 0 Å². The first-order chi connectivity index (χ1) is 7.89. The summed E-state index contributed by atoms with van der Waals surface area (Å²) < 4.78 is 23.0. The van der Waals surface area contributed by atoms with Gasteiger partial charge in [0, 0.05) is 18.0 Å². The van der Waals surface area contributed by atoms with E-state index in [-0.39, 0.29) is 35.4 Å². The normalized spacial score (nSPS) is 34.9. The summed E-state index contributed by atoms with van der Waals surface area (Å²) in [5, 5.41) is 0. The lowest BCUT2D eigenvalue weighted by molar-refractivity contribution is -0.123. The molecule has 2 fully saturated rings. The number of carbonyl (C=O) groups excluding carboxylic acids is 1. The Morgan fingerprint density at radius 2 is 1.76 bits per heavy atom. The molecular formula is C10H19N3O3S. The van der Waals surface area contributed by atoms with Crippen LogP contribution in [-0.4, -0.2) is 55.9 Å². The molecule has 0 aromatic heterocycles. The van der Waals surface area contributed by atoms with Crippen LogP contribution in [0.4, 0.5) is 0 Å². The average Bonchev–Trinajstić information content (AvgIpc) is 2.52. The lowest BCUT2D eigenvalue weighted by atomic mass is 9.94. The number of amides is 1. The Hall–Kier alpha value is -0.660. The minimum atomic E-state index is -2.98. The van der Waals surface area contributed by atoms with Crippen molar-refractivity contribution in [1.29, 1.82) is 0 Å². The van der Waals surface area contributed by atoms with Crippen LogP contribution < -0.4 is 11.5 Å². The molecule has 1 amide bonds. The van der Waals surface area contributed by atoms with Crippen LogP contribution in [-0.2, 0) is 14.6 Å². The fourth-order valence-corrected chi connectivity index (χ4v) is 4.67. The Bertz CT molecular complexity index is 401. The van der Waals surface area contributed by atoms with E-state index in [0.717, 1.165) is 0 Å². The monoisotopic (exact) mass is 261 g/mol. The van der Waals surface area contributed by atoms with Crippen LogP contribution in [0, 0.1) is 5.92 Å². The van der Waals surface area contributed by atoms with Crippen LogP contribution in [0.25, 0.3) is 0 Å². The molecule has 0 aliphatic carbocycles. The molecule has 2 heterocycles. The molecule has 2 aliphatic heterocycles. The zero-order valence-electron chi connectivity index (χ0n) is 9.71. The quantitative estimate of drug-likeness (QED) is 0.617. The third-order valence-electron chi connectivity index (χ3n) is 3.77. The molecule has 2 aliphatic rings. The number of piperidine rings is 1. The third kappa shape index (κ3) is 2.78. The molecule has 17 heavy (non-hydrogen) atoms. The molecule has 2 rings (SSSR count). The first-order valence-electron chi connectivity index (χ1n) is 5.88. The molecule has 4 N–H and O–H groups in total. The second-order valence-electron chi connectivity index (χ2n) is 5.02. The van der Waals surface area contributed by atoms with Crippen LogP contribution in [0.3, 0.4) is 0 Å². The van der Waals surface area contributed by atoms with Gasteiger partial charge in [-0.25, -0.2) is 8.42 Å². The number of hydrogen-bond acceptors (Lipinski definition) is 5. The third-order valence-corrected chi connectivity index (χ3v) is 5.51. The number of hydrogen-bond donors (Lipinski definition) is 2. The minimum Gasteiger partial charge on any atom is -0.369 e. The molecule has 2 atom stereocenters. The van der Waals surface area contributed by atoms with Gasteiger partial charge in [-0.2, -0.15) is 0 Å². The zero-order chi connectivity index (χ0) is 12.6. The molecule has 98 valence electrons. The highest BCUT2D eigenvalue weighted by molar-refractivity contribution is 7.91. The van der Waals surface area contributed by atoms with Crippen molar-refractivity contribution in [2.45, 2.75) is 24.9 Å². The molecule has 0 saturated carbocycles. The molecule has 0 radical (unpaired) electrons. The van der Waals surface area contributed by atoms with Gasteiger partial charge in [0.05, 0.1) is 11.5 Å². The van der Waals surface area contributed by atoms with Crippen LogP contribution in [0.15, 0.2) is 0 Å². The summed E-state index contributed by atoms with van der Waals surface area (Å²) >= 11 is 0. The first-order valence-corrected chi connectivity index (χ1v) is 7.70. The molecule has 0 bridgehead atoms. The van der Waals surface area contributed by atoms with E-state index in [1.807, 2.05) is 0 Å². The van der Waals surface area contributed by atoms with Crippen molar-refractivity contribution in [1.82, 2.24) is 4.90 Å². The van der Waals surface area contributed by atoms with Gasteiger partial charge in [-0.3, -0.25) is 9.69 Å². The highest BCUT2D eigenvalue weighted by atomic mass is 32.2. The van der Waals surface area contributed by atoms with Gasteiger partial charge in [-0.1, -0.05) is 0 Å². The van der Waals surface area contributed by atoms with E-state index in [2.05, 4.69) is 4.90 Å². The van der Waals surface area contributed by atoms with Crippen molar-refractivity contribution in [3.63, 3.8) is 0 Å². The van der Waals surface area contributed by atoms with Gasteiger partial charge in [0.2, 0.25) is 5.91 Å².